The highest BCUT2D eigenvalue weighted by molar-refractivity contribution is 7.99. The molecule has 0 atom stereocenters. The number of nitrogens with zero attached hydrogens (tertiary/aromatic N) is 1. The van der Waals surface area contributed by atoms with Crippen LogP contribution in [0.4, 0.5) is 0 Å². The Hall–Kier alpha value is -0.960. The molecular weight excluding hydrogens is 266 g/mol. The average Bonchev–Trinajstić information content (AvgIpc) is 2.48. The molecule has 0 aliphatic carbocycles. The van der Waals surface area contributed by atoms with Gasteiger partial charge < -0.3 is 4.90 Å². The van der Waals surface area contributed by atoms with Crippen molar-refractivity contribution in [2.45, 2.75) is 43.9 Å². The van der Waals surface area contributed by atoms with E-state index in [1.165, 1.54) is 34.6 Å². The van der Waals surface area contributed by atoms with E-state index in [-0.39, 0.29) is 0 Å². The zero-order valence-electron chi connectivity index (χ0n) is 12.2. The van der Waals surface area contributed by atoms with Crippen LogP contribution in [0.15, 0.2) is 23.1 Å². The monoisotopic (exact) mass is 289 g/mol. The molecule has 1 saturated heterocycles. The molecule has 108 valence electrons. The quantitative estimate of drug-likeness (QED) is 0.830. The van der Waals surface area contributed by atoms with Gasteiger partial charge in [-0.25, -0.2) is 0 Å². The van der Waals surface area contributed by atoms with Crippen LogP contribution >= 0.6 is 11.8 Å². The van der Waals surface area contributed by atoms with E-state index in [0.717, 1.165) is 31.8 Å². The van der Waals surface area contributed by atoms with E-state index >= 15 is 0 Å². The zero-order valence-corrected chi connectivity index (χ0v) is 13.0. The lowest BCUT2D eigenvalue weighted by Gasteiger charge is -2.30. The summed E-state index contributed by atoms with van der Waals surface area (Å²) in [6.45, 7) is 4.17. The van der Waals surface area contributed by atoms with E-state index in [1.807, 2.05) is 16.7 Å². The van der Waals surface area contributed by atoms with Gasteiger partial charge in [-0.15, -0.1) is 11.8 Å². The molecule has 2 nitrogen and oxygen atoms in total. The number of piperidine rings is 1. The first-order valence-electron chi connectivity index (χ1n) is 7.75. The highest BCUT2D eigenvalue weighted by atomic mass is 32.2. The molecular formula is C17H23NOS. The van der Waals surface area contributed by atoms with Gasteiger partial charge in [0, 0.05) is 18.0 Å². The van der Waals surface area contributed by atoms with Crippen molar-refractivity contribution in [2.24, 2.45) is 5.92 Å². The van der Waals surface area contributed by atoms with E-state index in [1.54, 1.807) is 0 Å². The Morgan fingerprint density at radius 1 is 1.35 bits per heavy atom. The van der Waals surface area contributed by atoms with Gasteiger partial charge in [-0.3, -0.25) is 4.79 Å². The van der Waals surface area contributed by atoms with Gasteiger partial charge in [0.2, 0.25) is 5.91 Å². The maximum Gasteiger partial charge on any atom is 0.226 e. The maximum absolute atomic E-state index is 12.4. The second kappa shape index (κ2) is 6.21. The minimum absolute atomic E-state index is 0.306. The zero-order chi connectivity index (χ0) is 13.9. The number of fused-ring (bicyclic) bond motifs is 1. The first kappa shape index (κ1) is 14.0. The minimum atomic E-state index is 0.306. The molecule has 2 heterocycles. The Bertz CT molecular complexity index is 492. The van der Waals surface area contributed by atoms with Crippen LogP contribution < -0.4 is 0 Å². The summed E-state index contributed by atoms with van der Waals surface area (Å²) in [6.07, 6.45) is 5.33. The number of likely N-dealkylation sites (tertiary alicyclic amines) is 1. The van der Waals surface area contributed by atoms with E-state index in [2.05, 4.69) is 25.1 Å². The Labute approximate surface area is 125 Å². The summed E-state index contributed by atoms with van der Waals surface area (Å²) in [6, 6.07) is 6.60. The molecule has 0 radical (unpaired) electrons. The van der Waals surface area contributed by atoms with Crippen LogP contribution in [0.5, 0.6) is 0 Å². The Kier molecular flexibility index (Phi) is 4.35. The number of rotatable bonds is 2. The molecule has 20 heavy (non-hydrogen) atoms. The lowest BCUT2D eigenvalue weighted by Crippen LogP contribution is -2.38. The molecule has 3 rings (SSSR count). The molecule has 0 aromatic heterocycles. The highest BCUT2D eigenvalue weighted by Crippen LogP contribution is 2.30. The molecule has 0 bridgehead atoms. The second-order valence-electron chi connectivity index (χ2n) is 6.13. The standard InChI is InChI=1S/C17H23NOS/c1-13-6-8-18(9-7-13)17(19)12-14-4-5-16-15(11-14)3-2-10-20-16/h4-5,11,13H,2-3,6-10,12H2,1H3. The van der Waals surface area contributed by atoms with Crippen LogP contribution in [-0.2, 0) is 17.6 Å². The van der Waals surface area contributed by atoms with Gasteiger partial charge in [0.25, 0.3) is 0 Å². The van der Waals surface area contributed by atoms with Crippen LogP contribution in [0.3, 0.4) is 0 Å². The van der Waals surface area contributed by atoms with Gasteiger partial charge in [-0.05, 0) is 54.5 Å². The van der Waals surface area contributed by atoms with E-state index in [4.69, 9.17) is 0 Å². The molecule has 2 aliphatic rings. The van der Waals surface area contributed by atoms with Gasteiger partial charge in [0.1, 0.15) is 0 Å². The van der Waals surface area contributed by atoms with Crippen molar-refractivity contribution in [2.75, 3.05) is 18.8 Å². The highest BCUT2D eigenvalue weighted by Gasteiger charge is 2.20. The molecule has 1 fully saturated rings. The fraction of sp³-hybridized carbons (Fsp3) is 0.588. The molecule has 1 amide bonds. The predicted molar refractivity (Wildman–Crippen MR) is 84.2 cm³/mol. The summed E-state index contributed by atoms with van der Waals surface area (Å²) >= 11 is 1.95. The molecule has 0 unspecified atom stereocenters. The van der Waals surface area contributed by atoms with Gasteiger partial charge in [0.15, 0.2) is 0 Å². The van der Waals surface area contributed by atoms with Crippen molar-refractivity contribution >= 4 is 17.7 Å². The van der Waals surface area contributed by atoms with Gasteiger partial charge in [-0.2, -0.15) is 0 Å². The molecule has 0 spiro atoms. The van der Waals surface area contributed by atoms with Crippen LogP contribution in [0.2, 0.25) is 0 Å². The number of thioether (sulfide) groups is 1. The number of amides is 1. The first-order chi connectivity index (χ1) is 9.72. The lowest BCUT2D eigenvalue weighted by molar-refractivity contribution is -0.131. The lowest BCUT2D eigenvalue weighted by atomic mass is 9.98. The third-order valence-corrected chi connectivity index (χ3v) is 5.67. The molecule has 1 aromatic rings. The molecule has 1 aromatic carbocycles. The molecule has 0 saturated carbocycles. The van der Waals surface area contributed by atoms with Gasteiger partial charge in [0.05, 0.1) is 6.42 Å². The smallest absolute Gasteiger partial charge is 0.226 e. The fourth-order valence-electron chi connectivity index (χ4n) is 3.07. The summed E-state index contributed by atoms with van der Waals surface area (Å²) in [5.74, 6) is 2.32. The number of aryl methyl sites for hydroxylation is 1. The number of carbonyl (C=O) groups is 1. The van der Waals surface area contributed by atoms with Crippen molar-refractivity contribution in [1.29, 1.82) is 0 Å². The van der Waals surface area contributed by atoms with Crippen LogP contribution in [-0.4, -0.2) is 29.6 Å². The van der Waals surface area contributed by atoms with E-state index < -0.39 is 0 Å². The van der Waals surface area contributed by atoms with Gasteiger partial charge in [-0.1, -0.05) is 19.1 Å². The number of benzene rings is 1. The third kappa shape index (κ3) is 3.20. The van der Waals surface area contributed by atoms with Crippen LogP contribution in [0.25, 0.3) is 0 Å². The predicted octanol–water partition coefficient (Wildman–Crippen LogP) is 3.53. The topological polar surface area (TPSA) is 20.3 Å². The summed E-state index contributed by atoms with van der Waals surface area (Å²) in [5, 5.41) is 0. The van der Waals surface area contributed by atoms with Crippen molar-refractivity contribution in [3.8, 4) is 0 Å². The van der Waals surface area contributed by atoms with E-state index in [0.29, 0.717) is 12.3 Å². The Balaban J connectivity index is 1.64. The van der Waals surface area contributed by atoms with Gasteiger partial charge >= 0.3 is 0 Å². The third-order valence-electron chi connectivity index (χ3n) is 4.46. The van der Waals surface area contributed by atoms with Crippen LogP contribution in [0, 0.1) is 5.92 Å². The summed E-state index contributed by atoms with van der Waals surface area (Å²) in [7, 11) is 0. The SMILES string of the molecule is CC1CCN(C(=O)Cc2ccc3c(c2)CCCS3)CC1. The first-order valence-corrected chi connectivity index (χ1v) is 8.73. The number of hydrogen-bond acceptors (Lipinski definition) is 2. The van der Waals surface area contributed by atoms with Crippen molar-refractivity contribution in [1.82, 2.24) is 4.90 Å². The normalized spacial score (nSPS) is 19.8. The molecule has 2 aliphatic heterocycles. The molecule has 3 heteroatoms. The number of carbonyl (C=O) groups excluding carboxylic acids is 1. The molecule has 0 N–H and O–H groups in total. The Morgan fingerprint density at radius 3 is 2.95 bits per heavy atom. The van der Waals surface area contributed by atoms with Crippen molar-refractivity contribution < 1.29 is 4.79 Å². The maximum atomic E-state index is 12.4. The van der Waals surface area contributed by atoms with Crippen molar-refractivity contribution in [3.05, 3.63) is 29.3 Å². The largest absolute Gasteiger partial charge is 0.342 e. The summed E-state index contributed by atoms with van der Waals surface area (Å²) < 4.78 is 0. The second-order valence-corrected chi connectivity index (χ2v) is 7.27. The Morgan fingerprint density at radius 2 is 2.15 bits per heavy atom. The van der Waals surface area contributed by atoms with Crippen molar-refractivity contribution in [3.63, 3.8) is 0 Å². The summed E-state index contributed by atoms with van der Waals surface area (Å²) in [5.41, 5.74) is 2.63. The number of hydrogen-bond donors (Lipinski definition) is 0. The van der Waals surface area contributed by atoms with Crippen LogP contribution in [0.1, 0.15) is 37.3 Å². The average molecular weight is 289 g/mol. The van der Waals surface area contributed by atoms with E-state index in [9.17, 15) is 4.79 Å². The minimum Gasteiger partial charge on any atom is -0.342 e. The summed E-state index contributed by atoms with van der Waals surface area (Å²) in [4.78, 5) is 15.8. The fourth-order valence-corrected chi connectivity index (χ4v) is 4.09.